The fourth-order valence-electron chi connectivity index (χ4n) is 3.07. The first-order valence-corrected chi connectivity index (χ1v) is 8.04. The van der Waals surface area contributed by atoms with Crippen LogP contribution in [0.25, 0.3) is 0 Å². The highest BCUT2D eigenvalue weighted by molar-refractivity contribution is 7.89. The number of hydrogen-bond acceptors (Lipinski definition) is 4. The SMILES string of the molecule is CC1(C)CCC2(CC1)CC(=O)OC2CS(N)(=O)=O. The van der Waals surface area contributed by atoms with Gasteiger partial charge < -0.3 is 4.74 Å². The zero-order valence-electron chi connectivity index (χ0n) is 10.9. The predicted octanol–water partition coefficient (Wildman–Crippen LogP) is 1.18. The highest BCUT2D eigenvalue weighted by Gasteiger charge is 2.52. The summed E-state index contributed by atoms with van der Waals surface area (Å²) in [5.74, 6) is -0.539. The second-order valence-corrected chi connectivity index (χ2v) is 8.17. The number of esters is 1. The van der Waals surface area contributed by atoms with E-state index in [1.165, 1.54) is 0 Å². The van der Waals surface area contributed by atoms with Crippen LogP contribution in [0.2, 0.25) is 0 Å². The fraction of sp³-hybridized carbons (Fsp3) is 0.917. The van der Waals surface area contributed by atoms with Crippen LogP contribution in [0.4, 0.5) is 0 Å². The summed E-state index contributed by atoms with van der Waals surface area (Å²) in [7, 11) is -3.61. The number of nitrogens with two attached hydrogens (primary N) is 1. The van der Waals surface area contributed by atoms with Crippen LogP contribution in [0.1, 0.15) is 46.0 Å². The fourth-order valence-corrected chi connectivity index (χ4v) is 3.92. The molecule has 1 atom stereocenters. The molecule has 1 aliphatic heterocycles. The molecule has 1 spiro atoms. The van der Waals surface area contributed by atoms with Crippen molar-refractivity contribution in [3.63, 3.8) is 0 Å². The van der Waals surface area contributed by atoms with E-state index in [1.807, 2.05) is 0 Å². The first-order valence-electron chi connectivity index (χ1n) is 6.32. The average Bonchev–Trinajstić information content (AvgIpc) is 2.46. The number of rotatable bonds is 2. The molecule has 0 aromatic heterocycles. The number of sulfonamides is 1. The molecule has 0 aromatic rings. The molecule has 0 radical (unpaired) electrons. The quantitative estimate of drug-likeness (QED) is 0.767. The molecule has 1 unspecified atom stereocenters. The van der Waals surface area contributed by atoms with Gasteiger partial charge in [0.1, 0.15) is 11.9 Å². The Balaban J connectivity index is 2.17. The van der Waals surface area contributed by atoms with Crippen LogP contribution in [0.3, 0.4) is 0 Å². The second-order valence-electron chi connectivity index (χ2n) is 6.51. The largest absolute Gasteiger partial charge is 0.461 e. The third-order valence-corrected chi connectivity index (χ3v) is 5.20. The van der Waals surface area contributed by atoms with E-state index in [4.69, 9.17) is 9.88 Å². The number of carbonyl (C=O) groups is 1. The number of ether oxygens (including phenoxy) is 1. The van der Waals surface area contributed by atoms with Crippen molar-refractivity contribution in [3.05, 3.63) is 0 Å². The van der Waals surface area contributed by atoms with Crippen LogP contribution in [-0.2, 0) is 19.6 Å². The minimum atomic E-state index is -3.61. The van der Waals surface area contributed by atoms with Gasteiger partial charge in [0.2, 0.25) is 10.0 Å². The Morgan fingerprint density at radius 3 is 2.33 bits per heavy atom. The highest BCUT2D eigenvalue weighted by atomic mass is 32.2. The number of cyclic esters (lactones) is 1. The van der Waals surface area contributed by atoms with Gasteiger partial charge in [-0.1, -0.05) is 13.8 Å². The molecule has 5 nitrogen and oxygen atoms in total. The maximum absolute atomic E-state index is 11.5. The van der Waals surface area contributed by atoms with Gasteiger partial charge in [0.25, 0.3) is 0 Å². The maximum atomic E-state index is 11.5. The molecular weight excluding hydrogens is 254 g/mol. The van der Waals surface area contributed by atoms with Gasteiger partial charge in [-0.15, -0.1) is 0 Å². The summed E-state index contributed by atoms with van der Waals surface area (Å²) in [6.45, 7) is 4.40. The Bertz CT molecular complexity index is 445. The lowest BCUT2D eigenvalue weighted by Gasteiger charge is -2.42. The standard InChI is InChI=1S/C12H21NO4S/c1-11(2)3-5-12(6-4-11)7-10(14)17-9(12)8-18(13,15)16/h9H,3-8H2,1-2H3,(H2,13,15,16). The minimum absolute atomic E-state index is 0.251. The lowest BCUT2D eigenvalue weighted by molar-refractivity contribution is -0.141. The van der Waals surface area contributed by atoms with Crippen molar-refractivity contribution in [2.24, 2.45) is 16.0 Å². The Morgan fingerprint density at radius 2 is 1.83 bits per heavy atom. The predicted molar refractivity (Wildman–Crippen MR) is 67.2 cm³/mol. The van der Waals surface area contributed by atoms with Crippen molar-refractivity contribution in [1.29, 1.82) is 0 Å². The van der Waals surface area contributed by atoms with Crippen LogP contribution in [0, 0.1) is 10.8 Å². The monoisotopic (exact) mass is 275 g/mol. The van der Waals surface area contributed by atoms with E-state index in [0.717, 1.165) is 25.7 Å². The topological polar surface area (TPSA) is 86.5 Å². The summed E-state index contributed by atoms with van der Waals surface area (Å²) in [5.41, 5.74) is -0.0396. The molecule has 0 bridgehead atoms. The molecule has 0 amide bonds. The molecule has 0 aromatic carbocycles. The molecule has 1 saturated carbocycles. The van der Waals surface area contributed by atoms with E-state index in [2.05, 4.69) is 13.8 Å². The molecule has 2 aliphatic rings. The molecule has 1 saturated heterocycles. The molecule has 1 heterocycles. The van der Waals surface area contributed by atoms with Crippen molar-refractivity contribution < 1.29 is 17.9 Å². The van der Waals surface area contributed by atoms with Gasteiger partial charge in [0, 0.05) is 5.41 Å². The summed E-state index contributed by atoms with van der Waals surface area (Å²) in [4.78, 5) is 11.5. The lowest BCUT2D eigenvalue weighted by Crippen LogP contribution is -2.42. The number of hydrogen-bond donors (Lipinski definition) is 1. The Hall–Kier alpha value is -0.620. The second kappa shape index (κ2) is 4.20. The molecule has 2 fully saturated rings. The van der Waals surface area contributed by atoms with E-state index in [-0.39, 0.29) is 22.6 Å². The summed E-state index contributed by atoms with van der Waals surface area (Å²) >= 11 is 0. The Morgan fingerprint density at radius 1 is 1.28 bits per heavy atom. The van der Waals surface area contributed by atoms with Crippen LogP contribution >= 0.6 is 0 Å². The van der Waals surface area contributed by atoms with E-state index in [0.29, 0.717) is 6.42 Å². The van der Waals surface area contributed by atoms with Crippen molar-refractivity contribution in [2.75, 3.05) is 5.75 Å². The summed E-state index contributed by atoms with van der Waals surface area (Å²) in [5, 5.41) is 5.08. The van der Waals surface area contributed by atoms with Crippen molar-refractivity contribution in [2.45, 2.75) is 52.1 Å². The summed E-state index contributed by atoms with van der Waals surface area (Å²) in [6.07, 6.45) is 3.44. The van der Waals surface area contributed by atoms with Gasteiger partial charge in [-0.3, -0.25) is 4.79 Å². The lowest BCUT2D eigenvalue weighted by atomic mass is 9.62. The zero-order chi connectivity index (χ0) is 13.6. The smallest absolute Gasteiger partial charge is 0.306 e. The van der Waals surface area contributed by atoms with E-state index in [1.54, 1.807) is 0 Å². The van der Waals surface area contributed by atoms with Crippen molar-refractivity contribution in [3.8, 4) is 0 Å². The summed E-state index contributed by atoms with van der Waals surface area (Å²) in [6, 6.07) is 0. The molecule has 1 aliphatic carbocycles. The van der Waals surface area contributed by atoms with E-state index >= 15 is 0 Å². The molecule has 6 heteroatoms. The van der Waals surface area contributed by atoms with Crippen LogP contribution < -0.4 is 5.14 Å². The molecule has 104 valence electrons. The Labute approximate surface area is 108 Å². The molecular formula is C12H21NO4S. The Kier molecular flexibility index (Phi) is 3.22. The summed E-state index contributed by atoms with van der Waals surface area (Å²) < 4.78 is 27.7. The van der Waals surface area contributed by atoms with Gasteiger partial charge >= 0.3 is 5.97 Å². The normalized spacial score (nSPS) is 30.4. The molecule has 2 rings (SSSR count). The van der Waals surface area contributed by atoms with Gasteiger partial charge in [-0.2, -0.15) is 0 Å². The van der Waals surface area contributed by atoms with Gasteiger partial charge in [0.15, 0.2) is 0 Å². The minimum Gasteiger partial charge on any atom is -0.461 e. The maximum Gasteiger partial charge on any atom is 0.306 e. The first-order chi connectivity index (χ1) is 8.12. The van der Waals surface area contributed by atoms with Crippen LogP contribution in [0.5, 0.6) is 0 Å². The molecule has 18 heavy (non-hydrogen) atoms. The number of primary sulfonamides is 1. The van der Waals surface area contributed by atoms with Crippen molar-refractivity contribution >= 4 is 16.0 Å². The molecule has 2 N–H and O–H groups in total. The van der Waals surface area contributed by atoms with Gasteiger partial charge in [-0.25, -0.2) is 13.6 Å². The zero-order valence-corrected chi connectivity index (χ0v) is 11.8. The van der Waals surface area contributed by atoms with E-state index in [9.17, 15) is 13.2 Å². The number of carbonyl (C=O) groups excluding carboxylic acids is 1. The van der Waals surface area contributed by atoms with Crippen molar-refractivity contribution in [1.82, 2.24) is 0 Å². The van der Waals surface area contributed by atoms with E-state index < -0.39 is 16.1 Å². The van der Waals surface area contributed by atoms with Gasteiger partial charge in [0.05, 0.1) is 6.42 Å². The van der Waals surface area contributed by atoms with Crippen LogP contribution in [-0.4, -0.2) is 26.2 Å². The highest BCUT2D eigenvalue weighted by Crippen LogP contribution is 2.52. The third-order valence-electron chi connectivity index (χ3n) is 4.44. The van der Waals surface area contributed by atoms with Gasteiger partial charge in [-0.05, 0) is 31.1 Å². The van der Waals surface area contributed by atoms with Crippen LogP contribution in [0.15, 0.2) is 0 Å². The average molecular weight is 275 g/mol. The first kappa shape index (κ1) is 13.8. The third kappa shape index (κ3) is 2.85.